The smallest absolute Gasteiger partial charge is 0.385 e. The van der Waals surface area contributed by atoms with Crippen LogP contribution in [0.2, 0.25) is 0 Å². The van der Waals surface area contributed by atoms with Crippen LogP contribution in [0.1, 0.15) is 35.5 Å². The van der Waals surface area contributed by atoms with Gasteiger partial charge in [0.05, 0.1) is 5.56 Å². The summed E-state index contributed by atoms with van der Waals surface area (Å²) < 4.78 is 43.2. The highest BCUT2D eigenvalue weighted by Crippen LogP contribution is 2.29. The summed E-state index contributed by atoms with van der Waals surface area (Å²) in [6.07, 6.45) is -3.55. The van der Waals surface area contributed by atoms with E-state index in [0.717, 1.165) is 12.1 Å². The topological polar surface area (TPSA) is 97.0 Å². The molecule has 7 nitrogen and oxygen atoms in total. The molecule has 10 heteroatoms. The number of carbonyl (C=O) groups excluding carboxylic acids is 1. The number of nitrogens with zero attached hydrogens (tertiary/aromatic N) is 2. The van der Waals surface area contributed by atoms with Gasteiger partial charge in [-0.05, 0) is 18.1 Å². The van der Waals surface area contributed by atoms with E-state index in [-0.39, 0.29) is 36.7 Å². The van der Waals surface area contributed by atoms with Crippen LogP contribution >= 0.6 is 0 Å². The number of hydrogen-bond acceptors (Lipinski definition) is 5. The predicted octanol–water partition coefficient (Wildman–Crippen LogP) is 1.86. The summed E-state index contributed by atoms with van der Waals surface area (Å²) >= 11 is 0. The number of amides is 1. The zero-order chi connectivity index (χ0) is 20.6. The molecule has 0 aliphatic heterocycles. The summed E-state index contributed by atoms with van der Waals surface area (Å²) in [5, 5.41) is 10.4. The highest BCUT2D eigenvalue weighted by Gasteiger charge is 2.30. The Hall–Kier alpha value is -2.75. The van der Waals surface area contributed by atoms with Gasteiger partial charge in [-0.25, -0.2) is 0 Å². The van der Waals surface area contributed by atoms with Crippen molar-refractivity contribution in [3.05, 3.63) is 57.3 Å². The first-order valence-electron chi connectivity index (χ1n) is 8.66. The van der Waals surface area contributed by atoms with Crippen LogP contribution in [0.5, 0.6) is 0 Å². The number of ether oxygens (including phenoxy) is 1. The molecule has 0 atom stereocenters. The Bertz CT molecular complexity index is 852. The lowest BCUT2D eigenvalue weighted by Crippen LogP contribution is -2.27. The normalized spacial score (nSPS) is 11.4. The summed E-state index contributed by atoms with van der Waals surface area (Å²) in [5.74, 6) is -0.0672. The number of benzene rings is 1. The number of aromatic nitrogens is 3. The summed E-state index contributed by atoms with van der Waals surface area (Å²) in [5.41, 5.74) is -0.833. The molecule has 0 aliphatic rings. The molecule has 0 saturated heterocycles. The van der Waals surface area contributed by atoms with Crippen molar-refractivity contribution in [1.29, 1.82) is 0 Å². The number of methoxy groups -OCH3 is 1. The van der Waals surface area contributed by atoms with Gasteiger partial charge >= 0.3 is 6.18 Å². The predicted molar refractivity (Wildman–Crippen MR) is 94.7 cm³/mol. The van der Waals surface area contributed by atoms with Crippen LogP contribution in [0.4, 0.5) is 13.2 Å². The molecule has 2 aromatic rings. The highest BCUT2D eigenvalue weighted by atomic mass is 19.4. The number of halogens is 3. The molecule has 0 unspecified atom stereocenters. The Morgan fingerprint density at radius 1 is 1.29 bits per heavy atom. The molecular weight excluding hydrogens is 377 g/mol. The van der Waals surface area contributed by atoms with E-state index in [0.29, 0.717) is 25.1 Å². The Balaban J connectivity index is 1.94. The maximum absolute atomic E-state index is 12.8. The first kappa shape index (κ1) is 21.5. The molecule has 152 valence electrons. The van der Waals surface area contributed by atoms with Crippen molar-refractivity contribution in [2.45, 2.75) is 31.9 Å². The molecular formula is C18H21F3N4O3. The van der Waals surface area contributed by atoms with Crippen LogP contribution in [0, 0.1) is 0 Å². The van der Waals surface area contributed by atoms with E-state index >= 15 is 0 Å². The number of aromatic amines is 1. The van der Waals surface area contributed by atoms with Gasteiger partial charge < -0.3 is 15.0 Å². The third kappa shape index (κ3) is 6.76. The molecule has 0 saturated carbocycles. The average molecular weight is 398 g/mol. The molecule has 1 amide bonds. The number of H-pyrrole nitrogens is 1. The highest BCUT2D eigenvalue weighted by molar-refractivity contribution is 5.76. The van der Waals surface area contributed by atoms with Crippen molar-refractivity contribution >= 4 is 5.91 Å². The fourth-order valence-corrected chi connectivity index (χ4v) is 2.45. The van der Waals surface area contributed by atoms with Crippen molar-refractivity contribution < 1.29 is 22.7 Å². The Kier molecular flexibility index (Phi) is 7.68. The lowest BCUT2D eigenvalue weighted by molar-refractivity contribution is -0.137. The molecule has 0 aliphatic carbocycles. The van der Waals surface area contributed by atoms with E-state index in [9.17, 15) is 22.8 Å². The number of hydrogen-bond donors (Lipinski definition) is 2. The van der Waals surface area contributed by atoms with Crippen molar-refractivity contribution in [2.24, 2.45) is 0 Å². The third-order valence-electron chi connectivity index (χ3n) is 3.87. The van der Waals surface area contributed by atoms with Crippen LogP contribution in [-0.2, 0) is 28.5 Å². The Labute approximate surface area is 159 Å². The van der Waals surface area contributed by atoms with Gasteiger partial charge in [-0.15, -0.1) is 10.2 Å². The Morgan fingerprint density at radius 3 is 2.75 bits per heavy atom. The number of aryl methyl sites for hydroxylation is 1. The van der Waals surface area contributed by atoms with Crippen LogP contribution in [0.25, 0.3) is 0 Å². The monoisotopic (exact) mass is 398 g/mol. The van der Waals surface area contributed by atoms with Gasteiger partial charge in [0, 0.05) is 39.5 Å². The van der Waals surface area contributed by atoms with E-state index in [1.807, 2.05) is 0 Å². The molecule has 2 rings (SSSR count). The Morgan fingerprint density at radius 2 is 2.07 bits per heavy atom. The molecule has 0 fully saturated rings. The minimum Gasteiger partial charge on any atom is -0.385 e. The number of carbonyl (C=O) groups is 1. The third-order valence-corrected chi connectivity index (χ3v) is 3.87. The second kappa shape index (κ2) is 9.98. The average Bonchev–Trinajstić information content (AvgIpc) is 2.64. The van der Waals surface area contributed by atoms with Gasteiger partial charge in [-0.1, -0.05) is 18.2 Å². The molecule has 1 aromatic carbocycles. The second-order valence-electron chi connectivity index (χ2n) is 6.12. The molecule has 0 spiro atoms. The molecule has 2 N–H and O–H groups in total. The van der Waals surface area contributed by atoms with E-state index < -0.39 is 17.3 Å². The van der Waals surface area contributed by atoms with E-state index in [4.69, 9.17) is 4.74 Å². The lowest BCUT2D eigenvalue weighted by Gasteiger charge is -2.08. The zero-order valence-corrected chi connectivity index (χ0v) is 15.3. The van der Waals surface area contributed by atoms with E-state index in [2.05, 4.69) is 20.5 Å². The zero-order valence-electron chi connectivity index (χ0n) is 15.3. The van der Waals surface area contributed by atoms with Crippen LogP contribution in [0.3, 0.4) is 0 Å². The van der Waals surface area contributed by atoms with E-state index in [1.54, 1.807) is 7.11 Å². The maximum atomic E-state index is 12.8. The summed E-state index contributed by atoms with van der Waals surface area (Å²) in [6, 6.07) is 4.78. The van der Waals surface area contributed by atoms with Gasteiger partial charge in [0.15, 0.2) is 0 Å². The minimum atomic E-state index is -4.44. The SMILES string of the molecule is COCCCNC(=O)CCc1nnc(Cc2cccc(C(F)(F)F)c2)[nH]c1=O. The summed E-state index contributed by atoms with van der Waals surface area (Å²) in [7, 11) is 1.57. The first-order valence-corrected chi connectivity index (χ1v) is 8.66. The molecule has 28 heavy (non-hydrogen) atoms. The fraction of sp³-hybridized carbons (Fsp3) is 0.444. The summed E-state index contributed by atoms with van der Waals surface area (Å²) in [6.45, 7) is 1.02. The molecule has 0 radical (unpaired) electrons. The van der Waals surface area contributed by atoms with Gasteiger partial charge in [-0.2, -0.15) is 13.2 Å². The minimum absolute atomic E-state index is 0.00637. The van der Waals surface area contributed by atoms with Gasteiger partial charge in [-0.3, -0.25) is 9.59 Å². The van der Waals surface area contributed by atoms with Crippen LogP contribution in [0.15, 0.2) is 29.1 Å². The maximum Gasteiger partial charge on any atom is 0.416 e. The number of rotatable bonds is 9. The lowest BCUT2D eigenvalue weighted by atomic mass is 10.1. The van der Waals surface area contributed by atoms with Crippen molar-refractivity contribution in [3.8, 4) is 0 Å². The standard InChI is InChI=1S/C18H21F3N4O3/c1-28-9-3-8-22-16(26)7-6-14-17(27)23-15(25-24-14)11-12-4-2-5-13(10-12)18(19,20)21/h2,4-5,10H,3,6-9,11H2,1H3,(H,22,26)(H,23,25,27). The molecule has 1 aromatic heterocycles. The number of alkyl halides is 3. The van der Waals surface area contributed by atoms with Crippen molar-refractivity contribution in [3.63, 3.8) is 0 Å². The van der Waals surface area contributed by atoms with Gasteiger partial charge in [0.1, 0.15) is 11.5 Å². The first-order chi connectivity index (χ1) is 13.3. The molecule has 0 bridgehead atoms. The van der Waals surface area contributed by atoms with Crippen molar-refractivity contribution in [1.82, 2.24) is 20.5 Å². The number of nitrogens with one attached hydrogen (secondary N) is 2. The molecule has 1 heterocycles. The quantitative estimate of drug-likeness (QED) is 0.629. The van der Waals surface area contributed by atoms with Crippen LogP contribution < -0.4 is 10.9 Å². The fourth-order valence-electron chi connectivity index (χ4n) is 2.45. The van der Waals surface area contributed by atoms with Gasteiger partial charge in [0.25, 0.3) is 5.56 Å². The summed E-state index contributed by atoms with van der Waals surface area (Å²) in [4.78, 5) is 26.3. The largest absolute Gasteiger partial charge is 0.416 e. The second-order valence-corrected chi connectivity index (χ2v) is 6.12. The van der Waals surface area contributed by atoms with E-state index in [1.165, 1.54) is 12.1 Å². The van der Waals surface area contributed by atoms with Crippen LogP contribution in [-0.4, -0.2) is 41.3 Å². The van der Waals surface area contributed by atoms with Crippen molar-refractivity contribution in [2.75, 3.05) is 20.3 Å². The van der Waals surface area contributed by atoms with Gasteiger partial charge in [0.2, 0.25) is 5.91 Å².